The lowest BCUT2D eigenvalue weighted by atomic mass is 10.4. The molecule has 1 heterocycles. The van der Waals surface area contributed by atoms with Crippen LogP contribution < -0.4 is 10.6 Å². The van der Waals surface area contributed by atoms with Gasteiger partial charge in [0.2, 0.25) is 0 Å². The summed E-state index contributed by atoms with van der Waals surface area (Å²) >= 11 is 0. The van der Waals surface area contributed by atoms with Crippen LogP contribution in [-0.2, 0) is 11.3 Å². The third kappa shape index (κ3) is 9.13. The highest BCUT2D eigenvalue weighted by atomic mass is 127. The Kier molecular flexibility index (Phi) is 12.6. The van der Waals surface area contributed by atoms with Crippen molar-refractivity contribution in [2.75, 3.05) is 32.8 Å². The molecule has 0 spiro atoms. The van der Waals surface area contributed by atoms with Crippen molar-refractivity contribution >= 4 is 29.9 Å². The highest BCUT2D eigenvalue weighted by molar-refractivity contribution is 14.0. The molecule has 0 amide bonds. The second-order valence-corrected chi connectivity index (χ2v) is 4.01. The Hall–Kier alpha value is -0.830. The molecular formula is C13H26IN5O. The molecule has 0 aliphatic heterocycles. The van der Waals surface area contributed by atoms with Gasteiger partial charge in [-0.05, 0) is 26.3 Å². The van der Waals surface area contributed by atoms with Gasteiger partial charge in [-0.25, -0.2) is 0 Å². The first kappa shape index (κ1) is 19.2. The monoisotopic (exact) mass is 395 g/mol. The largest absolute Gasteiger partial charge is 0.380 e. The highest BCUT2D eigenvalue weighted by Crippen LogP contribution is 1.90. The third-order valence-corrected chi connectivity index (χ3v) is 2.46. The lowest BCUT2D eigenvalue weighted by Crippen LogP contribution is -2.39. The van der Waals surface area contributed by atoms with Gasteiger partial charge >= 0.3 is 0 Å². The molecule has 1 aromatic heterocycles. The fourth-order valence-corrected chi connectivity index (χ4v) is 1.58. The highest BCUT2D eigenvalue weighted by Gasteiger charge is 1.96. The second kappa shape index (κ2) is 13.2. The average Bonchev–Trinajstić information content (AvgIpc) is 2.92. The van der Waals surface area contributed by atoms with Crippen LogP contribution in [0.5, 0.6) is 0 Å². The predicted molar refractivity (Wildman–Crippen MR) is 92.7 cm³/mol. The van der Waals surface area contributed by atoms with Crippen molar-refractivity contribution in [2.45, 2.75) is 26.8 Å². The summed E-state index contributed by atoms with van der Waals surface area (Å²) in [5.74, 6) is 0.850. The molecule has 0 unspecified atom stereocenters. The van der Waals surface area contributed by atoms with Crippen LogP contribution in [0.4, 0.5) is 0 Å². The second-order valence-electron chi connectivity index (χ2n) is 4.01. The van der Waals surface area contributed by atoms with Crippen molar-refractivity contribution in [2.24, 2.45) is 4.99 Å². The first-order chi connectivity index (χ1) is 9.36. The van der Waals surface area contributed by atoms with Crippen molar-refractivity contribution in [3.8, 4) is 0 Å². The van der Waals surface area contributed by atoms with Gasteiger partial charge in [-0.2, -0.15) is 5.10 Å². The van der Waals surface area contributed by atoms with Crippen molar-refractivity contribution in [3.05, 3.63) is 18.5 Å². The summed E-state index contributed by atoms with van der Waals surface area (Å²) < 4.78 is 7.20. The van der Waals surface area contributed by atoms with E-state index in [1.54, 1.807) is 6.20 Å². The Bertz CT molecular complexity index is 343. The zero-order chi connectivity index (χ0) is 13.8. The maximum atomic E-state index is 5.28. The molecule has 6 nitrogen and oxygen atoms in total. The predicted octanol–water partition coefficient (Wildman–Crippen LogP) is 1.48. The minimum absolute atomic E-state index is 0. The molecule has 116 valence electrons. The maximum absolute atomic E-state index is 5.28. The SMILES string of the molecule is CCNC(=NCCCn1cccn1)NCCOCC.I. The Morgan fingerprint density at radius 3 is 2.85 bits per heavy atom. The van der Waals surface area contributed by atoms with Gasteiger partial charge < -0.3 is 15.4 Å². The number of ether oxygens (including phenoxy) is 1. The van der Waals surface area contributed by atoms with E-state index in [9.17, 15) is 0 Å². The number of nitrogens with zero attached hydrogens (tertiary/aromatic N) is 3. The molecule has 2 N–H and O–H groups in total. The van der Waals surface area contributed by atoms with Gasteiger partial charge in [0.15, 0.2) is 5.96 Å². The van der Waals surface area contributed by atoms with E-state index in [-0.39, 0.29) is 24.0 Å². The van der Waals surface area contributed by atoms with Gasteiger partial charge in [-0.1, -0.05) is 0 Å². The standard InChI is InChI=1S/C13H25N5O.HI/c1-3-14-13(16-9-12-19-4-2)15-7-5-10-18-11-6-8-17-18;/h6,8,11H,3-5,7,9-10,12H2,1-2H3,(H2,14,15,16);1H. The van der Waals surface area contributed by atoms with Crippen LogP contribution in [0.25, 0.3) is 0 Å². The van der Waals surface area contributed by atoms with E-state index in [2.05, 4.69) is 27.6 Å². The van der Waals surface area contributed by atoms with Crippen LogP contribution >= 0.6 is 24.0 Å². The molecule has 0 aliphatic carbocycles. The van der Waals surface area contributed by atoms with Crippen LogP contribution in [0.2, 0.25) is 0 Å². The number of hydrogen-bond acceptors (Lipinski definition) is 3. The number of hydrogen-bond donors (Lipinski definition) is 2. The van der Waals surface area contributed by atoms with Gasteiger partial charge in [0.25, 0.3) is 0 Å². The molecule has 0 atom stereocenters. The van der Waals surface area contributed by atoms with Crippen molar-refractivity contribution < 1.29 is 4.74 Å². The van der Waals surface area contributed by atoms with E-state index in [1.165, 1.54) is 0 Å². The number of aliphatic imine (C=N–C) groups is 1. The van der Waals surface area contributed by atoms with Crippen molar-refractivity contribution in [1.29, 1.82) is 0 Å². The van der Waals surface area contributed by atoms with Crippen LogP contribution in [-0.4, -0.2) is 48.6 Å². The molecule has 0 aliphatic rings. The number of guanidine groups is 1. The molecule has 0 radical (unpaired) electrons. The summed E-state index contributed by atoms with van der Waals surface area (Å²) in [4.78, 5) is 4.51. The van der Waals surface area contributed by atoms with Gasteiger partial charge in [0, 0.05) is 45.2 Å². The van der Waals surface area contributed by atoms with Crippen molar-refractivity contribution in [3.63, 3.8) is 0 Å². The van der Waals surface area contributed by atoms with Crippen LogP contribution in [0, 0.1) is 0 Å². The van der Waals surface area contributed by atoms with E-state index in [0.29, 0.717) is 6.61 Å². The minimum Gasteiger partial charge on any atom is -0.380 e. The lowest BCUT2D eigenvalue weighted by molar-refractivity contribution is 0.152. The molecule has 7 heteroatoms. The molecular weight excluding hydrogens is 369 g/mol. The zero-order valence-corrected chi connectivity index (χ0v) is 14.7. The van der Waals surface area contributed by atoms with E-state index in [1.807, 2.05) is 23.9 Å². The normalized spacial score (nSPS) is 11.0. The summed E-state index contributed by atoms with van der Waals surface area (Å²) in [5, 5.41) is 10.6. The fourth-order valence-electron chi connectivity index (χ4n) is 1.58. The maximum Gasteiger partial charge on any atom is 0.191 e. The van der Waals surface area contributed by atoms with E-state index < -0.39 is 0 Å². The van der Waals surface area contributed by atoms with Gasteiger partial charge in [0.1, 0.15) is 0 Å². The molecule has 1 aromatic rings. The van der Waals surface area contributed by atoms with Gasteiger partial charge in [-0.3, -0.25) is 9.67 Å². The first-order valence-corrected chi connectivity index (χ1v) is 6.94. The third-order valence-electron chi connectivity index (χ3n) is 2.46. The molecule has 0 aromatic carbocycles. The molecule has 0 saturated carbocycles. The summed E-state index contributed by atoms with van der Waals surface area (Å²) in [6, 6.07) is 1.93. The Morgan fingerprint density at radius 1 is 1.35 bits per heavy atom. The Morgan fingerprint density at radius 2 is 2.20 bits per heavy atom. The molecule has 20 heavy (non-hydrogen) atoms. The van der Waals surface area contributed by atoms with E-state index in [0.717, 1.165) is 45.2 Å². The number of aryl methyl sites for hydroxylation is 1. The van der Waals surface area contributed by atoms with Crippen LogP contribution in [0.15, 0.2) is 23.5 Å². The number of rotatable bonds is 9. The smallest absolute Gasteiger partial charge is 0.191 e. The van der Waals surface area contributed by atoms with Gasteiger partial charge in [0.05, 0.1) is 6.61 Å². The molecule has 0 bridgehead atoms. The van der Waals surface area contributed by atoms with Crippen LogP contribution in [0.3, 0.4) is 0 Å². The Labute approximate surface area is 138 Å². The molecule has 0 fully saturated rings. The van der Waals surface area contributed by atoms with E-state index in [4.69, 9.17) is 4.74 Å². The minimum atomic E-state index is 0. The topological polar surface area (TPSA) is 63.5 Å². The summed E-state index contributed by atoms with van der Waals surface area (Å²) in [6.07, 6.45) is 4.74. The molecule has 0 saturated heterocycles. The lowest BCUT2D eigenvalue weighted by Gasteiger charge is -2.11. The number of nitrogens with one attached hydrogen (secondary N) is 2. The number of aromatic nitrogens is 2. The van der Waals surface area contributed by atoms with E-state index >= 15 is 0 Å². The zero-order valence-electron chi connectivity index (χ0n) is 12.3. The van der Waals surface area contributed by atoms with Crippen LogP contribution in [0.1, 0.15) is 20.3 Å². The molecule has 1 rings (SSSR count). The average molecular weight is 395 g/mol. The van der Waals surface area contributed by atoms with Gasteiger partial charge in [-0.15, -0.1) is 24.0 Å². The summed E-state index contributed by atoms with van der Waals surface area (Å²) in [7, 11) is 0. The fraction of sp³-hybridized carbons (Fsp3) is 0.692. The number of halogens is 1. The summed E-state index contributed by atoms with van der Waals surface area (Å²) in [6.45, 7) is 8.82. The Balaban J connectivity index is 0.00000361. The quantitative estimate of drug-likeness (QED) is 0.288. The summed E-state index contributed by atoms with van der Waals surface area (Å²) in [5.41, 5.74) is 0. The van der Waals surface area contributed by atoms with Crippen molar-refractivity contribution in [1.82, 2.24) is 20.4 Å². The first-order valence-electron chi connectivity index (χ1n) is 6.94.